The zero-order chi connectivity index (χ0) is 11.6. The number of carboxylic acids is 1. The summed E-state index contributed by atoms with van der Waals surface area (Å²) < 4.78 is 13.5. The molecule has 0 amide bonds. The summed E-state index contributed by atoms with van der Waals surface area (Å²) in [7, 11) is 0. The summed E-state index contributed by atoms with van der Waals surface area (Å²) in [6, 6.07) is 3.08. The second-order valence-corrected chi connectivity index (χ2v) is 3.80. The van der Waals surface area contributed by atoms with Gasteiger partial charge < -0.3 is 5.11 Å². The molecule has 0 saturated heterocycles. The maximum Gasteiger partial charge on any atom is 0.310 e. The number of carboxylic acid groups (broad SMARTS) is 1. The van der Waals surface area contributed by atoms with Crippen molar-refractivity contribution in [3.05, 3.63) is 34.1 Å². The van der Waals surface area contributed by atoms with Crippen LogP contribution in [0.25, 0.3) is 0 Å². The minimum atomic E-state index is -1.06. The Morgan fingerprint density at radius 2 is 2.20 bits per heavy atom. The number of hydrogen-bond acceptors (Lipinski definition) is 1. The highest BCUT2D eigenvalue weighted by Gasteiger charge is 2.20. The lowest BCUT2D eigenvalue weighted by molar-refractivity contribution is -0.138. The summed E-state index contributed by atoms with van der Waals surface area (Å²) in [5.74, 6) is -2.57. The predicted molar refractivity (Wildman–Crippen MR) is 56.8 cm³/mol. The average molecular weight is 231 g/mol. The van der Waals surface area contributed by atoms with Gasteiger partial charge in [0, 0.05) is 5.56 Å². The molecule has 2 nitrogen and oxygen atoms in total. The van der Waals surface area contributed by atoms with Crippen LogP contribution in [-0.2, 0) is 11.2 Å². The summed E-state index contributed by atoms with van der Waals surface area (Å²) in [5, 5.41) is 8.79. The van der Waals surface area contributed by atoms with E-state index >= 15 is 0 Å². The Labute approximate surface area is 92.7 Å². The molecule has 0 aliphatic carbocycles. The van der Waals surface area contributed by atoms with E-state index in [0.29, 0.717) is 6.42 Å². The monoisotopic (exact) mass is 230 g/mol. The Kier molecular flexibility index (Phi) is 3.69. The fraction of sp³-hybridized carbons (Fsp3) is 0.364. The normalized spacial score (nSPS) is 12.5. The lowest BCUT2D eigenvalue weighted by Gasteiger charge is -2.11. The quantitative estimate of drug-likeness (QED) is 0.866. The van der Waals surface area contributed by atoms with Crippen molar-refractivity contribution in [2.24, 2.45) is 0 Å². The number of aryl methyl sites for hydroxylation is 1. The van der Waals surface area contributed by atoms with Crippen molar-refractivity contribution in [2.45, 2.75) is 26.2 Å². The molecule has 0 fully saturated rings. The van der Waals surface area contributed by atoms with Gasteiger partial charge in [0.25, 0.3) is 0 Å². The third kappa shape index (κ3) is 2.48. The molecule has 1 aromatic rings. The summed E-state index contributed by atoms with van der Waals surface area (Å²) >= 11 is 5.68. The first-order valence-electron chi connectivity index (χ1n) is 4.68. The predicted octanol–water partition coefficient (Wildman–Crippen LogP) is 3.23. The Morgan fingerprint density at radius 3 is 2.67 bits per heavy atom. The first kappa shape index (κ1) is 12.0. The van der Waals surface area contributed by atoms with Crippen molar-refractivity contribution in [3.8, 4) is 0 Å². The van der Waals surface area contributed by atoms with Crippen LogP contribution >= 0.6 is 11.6 Å². The minimum Gasteiger partial charge on any atom is -0.481 e. The lowest BCUT2D eigenvalue weighted by atomic mass is 9.98. The van der Waals surface area contributed by atoms with Crippen LogP contribution < -0.4 is 0 Å². The number of hydrogen-bond donors (Lipinski definition) is 1. The molecule has 0 spiro atoms. The molecule has 0 saturated carbocycles. The van der Waals surface area contributed by atoms with E-state index in [2.05, 4.69) is 0 Å². The molecule has 82 valence electrons. The highest BCUT2D eigenvalue weighted by atomic mass is 35.5. The van der Waals surface area contributed by atoms with Crippen LogP contribution in [0.4, 0.5) is 4.39 Å². The Hall–Kier alpha value is -1.09. The summed E-state index contributed by atoms with van der Waals surface area (Å²) in [6.07, 6.45) is 0.694. The largest absolute Gasteiger partial charge is 0.481 e. The maximum absolute atomic E-state index is 13.5. The second kappa shape index (κ2) is 4.62. The number of aliphatic carboxylic acids is 1. The molecule has 1 aromatic carbocycles. The van der Waals surface area contributed by atoms with Gasteiger partial charge in [-0.2, -0.15) is 0 Å². The van der Waals surface area contributed by atoms with E-state index in [4.69, 9.17) is 16.7 Å². The van der Waals surface area contributed by atoms with E-state index in [-0.39, 0.29) is 10.6 Å². The van der Waals surface area contributed by atoms with Crippen LogP contribution in [0.2, 0.25) is 5.02 Å². The van der Waals surface area contributed by atoms with Crippen molar-refractivity contribution in [2.75, 3.05) is 0 Å². The van der Waals surface area contributed by atoms with Crippen LogP contribution in [0.3, 0.4) is 0 Å². The number of halogens is 2. The second-order valence-electron chi connectivity index (χ2n) is 3.39. The van der Waals surface area contributed by atoms with E-state index in [0.717, 1.165) is 5.56 Å². The molecular formula is C11H12ClFO2. The standard InChI is InChI=1S/C11H12ClFO2/c1-3-7-4-8(6(2)11(14)15)10(13)9(12)5-7/h4-6H,3H2,1-2H3,(H,14,15). The smallest absolute Gasteiger partial charge is 0.310 e. The summed E-state index contributed by atoms with van der Waals surface area (Å²) in [4.78, 5) is 10.8. The van der Waals surface area contributed by atoms with E-state index in [1.165, 1.54) is 13.0 Å². The van der Waals surface area contributed by atoms with Gasteiger partial charge in [0.05, 0.1) is 10.9 Å². The third-order valence-corrected chi connectivity index (χ3v) is 2.64. The molecule has 1 atom stereocenters. The van der Waals surface area contributed by atoms with Crippen molar-refractivity contribution < 1.29 is 14.3 Å². The van der Waals surface area contributed by atoms with Gasteiger partial charge in [0.1, 0.15) is 5.82 Å². The minimum absolute atomic E-state index is 0.0162. The highest BCUT2D eigenvalue weighted by Crippen LogP contribution is 2.27. The van der Waals surface area contributed by atoms with E-state index < -0.39 is 17.7 Å². The summed E-state index contributed by atoms with van der Waals surface area (Å²) in [5.41, 5.74) is 0.983. The molecular weight excluding hydrogens is 219 g/mol. The highest BCUT2D eigenvalue weighted by molar-refractivity contribution is 6.30. The third-order valence-electron chi connectivity index (χ3n) is 2.36. The summed E-state index contributed by atoms with van der Waals surface area (Å²) in [6.45, 7) is 3.34. The molecule has 0 heterocycles. The van der Waals surface area contributed by atoms with Gasteiger partial charge in [-0.3, -0.25) is 4.79 Å². The first-order chi connectivity index (χ1) is 6.97. The van der Waals surface area contributed by atoms with E-state index in [9.17, 15) is 9.18 Å². The fourth-order valence-electron chi connectivity index (χ4n) is 1.32. The zero-order valence-electron chi connectivity index (χ0n) is 8.55. The fourth-order valence-corrected chi connectivity index (χ4v) is 1.57. The van der Waals surface area contributed by atoms with Gasteiger partial charge in [0.15, 0.2) is 0 Å². The zero-order valence-corrected chi connectivity index (χ0v) is 9.31. The van der Waals surface area contributed by atoms with Crippen LogP contribution in [0.15, 0.2) is 12.1 Å². The Morgan fingerprint density at radius 1 is 1.60 bits per heavy atom. The molecule has 1 N–H and O–H groups in total. The van der Waals surface area contributed by atoms with Gasteiger partial charge in [-0.25, -0.2) is 4.39 Å². The number of rotatable bonds is 3. The van der Waals surface area contributed by atoms with E-state index in [1.54, 1.807) is 6.07 Å². The van der Waals surface area contributed by atoms with E-state index in [1.807, 2.05) is 6.92 Å². The maximum atomic E-state index is 13.5. The van der Waals surface area contributed by atoms with Gasteiger partial charge >= 0.3 is 5.97 Å². The van der Waals surface area contributed by atoms with Crippen LogP contribution in [0.1, 0.15) is 30.9 Å². The Balaban J connectivity index is 3.27. The van der Waals surface area contributed by atoms with Crippen molar-refractivity contribution in [1.29, 1.82) is 0 Å². The molecule has 15 heavy (non-hydrogen) atoms. The SMILES string of the molecule is CCc1cc(Cl)c(F)c(C(C)C(=O)O)c1. The van der Waals surface area contributed by atoms with Gasteiger partial charge in [0.2, 0.25) is 0 Å². The number of carbonyl (C=O) groups is 1. The Bertz CT molecular complexity index is 390. The molecule has 0 bridgehead atoms. The van der Waals surface area contributed by atoms with Crippen LogP contribution in [0.5, 0.6) is 0 Å². The molecule has 0 aromatic heterocycles. The molecule has 0 aliphatic rings. The van der Waals surface area contributed by atoms with Crippen molar-refractivity contribution in [3.63, 3.8) is 0 Å². The average Bonchev–Trinajstić information content (AvgIpc) is 2.20. The molecule has 0 aliphatic heterocycles. The molecule has 0 radical (unpaired) electrons. The first-order valence-corrected chi connectivity index (χ1v) is 5.05. The van der Waals surface area contributed by atoms with Gasteiger partial charge in [-0.1, -0.05) is 24.6 Å². The lowest BCUT2D eigenvalue weighted by Crippen LogP contribution is -2.10. The molecule has 1 rings (SSSR count). The topological polar surface area (TPSA) is 37.3 Å². The van der Waals surface area contributed by atoms with Crippen molar-refractivity contribution >= 4 is 17.6 Å². The van der Waals surface area contributed by atoms with Crippen molar-refractivity contribution in [1.82, 2.24) is 0 Å². The van der Waals surface area contributed by atoms with Crippen LogP contribution in [-0.4, -0.2) is 11.1 Å². The number of benzene rings is 1. The molecule has 1 unspecified atom stereocenters. The van der Waals surface area contributed by atoms with Gasteiger partial charge in [-0.15, -0.1) is 0 Å². The van der Waals surface area contributed by atoms with Crippen LogP contribution in [0, 0.1) is 5.82 Å². The van der Waals surface area contributed by atoms with Gasteiger partial charge in [-0.05, 0) is 25.0 Å². The molecule has 4 heteroatoms.